The van der Waals surface area contributed by atoms with E-state index >= 15 is 0 Å². The van der Waals surface area contributed by atoms with Gasteiger partial charge in [-0.15, -0.1) is 0 Å². The van der Waals surface area contributed by atoms with Crippen molar-refractivity contribution in [2.75, 3.05) is 39.4 Å². The van der Waals surface area contributed by atoms with Crippen molar-refractivity contribution in [3.63, 3.8) is 0 Å². The predicted octanol–water partition coefficient (Wildman–Crippen LogP) is 1.97. The first-order chi connectivity index (χ1) is 14.6. The molecule has 1 aromatic carbocycles. The van der Waals surface area contributed by atoms with Crippen molar-refractivity contribution in [1.82, 2.24) is 14.8 Å². The van der Waals surface area contributed by atoms with E-state index in [1.807, 2.05) is 0 Å². The number of hydrogen-bond donors (Lipinski definition) is 1. The zero-order valence-electron chi connectivity index (χ0n) is 16.3. The van der Waals surface area contributed by atoms with Gasteiger partial charge in [-0.25, -0.2) is 4.39 Å². The number of halogens is 1. The van der Waals surface area contributed by atoms with Gasteiger partial charge in [-0.05, 0) is 35.9 Å². The summed E-state index contributed by atoms with van der Waals surface area (Å²) < 4.78 is 18.7. The van der Waals surface area contributed by atoms with Gasteiger partial charge in [-0.1, -0.05) is 6.07 Å². The number of carbonyl (C=O) groups is 2. The Kier molecular flexibility index (Phi) is 5.87. The zero-order valence-corrected chi connectivity index (χ0v) is 16.3. The summed E-state index contributed by atoms with van der Waals surface area (Å²) in [5.74, 6) is -2.20. The van der Waals surface area contributed by atoms with Crippen LogP contribution in [0.5, 0.6) is 0 Å². The molecule has 0 saturated carbocycles. The second-order valence-electron chi connectivity index (χ2n) is 7.24. The molecule has 2 aromatic rings. The lowest BCUT2D eigenvalue weighted by Gasteiger charge is -2.30. The van der Waals surface area contributed by atoms with Crippen LogP contribution in [0.2, 0.25) is 0 Å². The number of ether oxygens (including phenoxy) is 1. The van der Waals surface area contributed by atoms with Crippen LogP contribution in [0.1, 0.15) is 17.2 Å². The summed E-state index contributed by atoms with van der Waals surface area (Å²) in [5, 5.41) is 10.9. The van der Waals surface area contributed by atoms with Gasteiger partial charge < -0.3 is 14.7 Å². The van der Waals surface area contributed by atoms with Crippen LogP contribution in [0, 0.1) is 5.82 Å². The molecule has 30 heavy (non-hydrogen) atoms. The third-order valence-electron chi connectivity index (χ3n) is 5.42. The van der Waals surface area contributed by atoms with Crippen LogP contribution in [-0.2, 0) is 14.3 Å². The third kappa shape index (κ3) is 3.96. The Balaban J connectivity index is 1.71. The smallest absolute Gasteiger partial charge is 0.295 e. The number of Topliss-reactive ketones (excluding diaryl/α,β-unsaturated/α-hetero) is 1. The van der Waals surface area contributed by atoms with Crippen LogP contribution in [-0.4, -0.2) is 71.0 Å². The molecule has 4 rings (SSSR count). The van der Waals surface area contributed by atoms with Gasteiger partial charge in [-0.3, -0.25) is 19.5 Å². The highest BCUT2D eigenvalue weighted by molar-refractivity contribution is 6.46. The predicted molar refractivity (Wildman–Crippen MR) is 107 cm³/mol. The van der Waals surface area contributed by atoms with Crippen molar-refractivity contribution in [2.24, 2.45) is 0 Å². The van der Waals surface area contributed by atoms with Gasteiger partial charge >= 0.3 is 0 Å². The molecule has 2 saturated heterocycles. The SMILES string of the molecule is O=C1C(=O)N(CCN2CCOCC2)C(c2cccnc2)/C1=C(\O)c1ccc(F)cc1. The van der Waals surface area contributed by atoms with Crippen molar-refractivity contribution >= 4 is 17.4 Å². The van der Waals surface area contributed by atoms with Gasteiger partial charge in [-0.2, -0.15) is 0 Å². The number of ketones is 1. The lowest BCUT2D eigenvalue weighted by atomic mass is 9.96. The van der Waals surface area contributed by atoms with Gasteiger partial charge in [0.1, 0.15) is 11.6 Å². The van der Waals surface area contributed by atoms with E-state index in [0.29, 0.717) is 31.9 Å². The largest absolute Gasteiger partial charge is 0.507 e. The maximum atomic E-state index is 13.3. The summed E-state index contributed by atoms with van der Waals surface area (Å²) in [5.41, 5.74) is 0.889. The summed E-state index contributed by atoms with van der Waals surface area (Å²) in [6.07, 6.45) is 3.18. The number of carbonyl (C=O) groups excluding carboxylic acids is 2. The minimum Gasteiger partial charge on any atom is -0.507 e. The average molecular weight is 411 g/mol. The highest BCUT2D eigenvalue weighted by Crippen LogP contribution is 2.38. The Morgan fingerprint density at radius 1 is 1.13 bits per heavy atom. The fourth-order valence-corrected chi connectivity index (χ4v) is 3.83. The second-order valence-corrected chi connectivity index (χ2v) is 7.24. The molecular weight excluding hydrogens is 389 g/mol. The van der Waals surface area contributed by atoms with Gasteiger partial charge in [0.15, 0.2) is 0 Å². The van der Waals surface area contributed by atoms with Crippen molar-refractivity contribution in [1.29, 1.82) is 0 Å². The third-order valence-corrected chi connectivity index (χ3v) is 5.42. The lowest BCUT2D eigenvalue weighted by molar-refractivity contribution is -0.140. The van der Waals surface area contributed by atoms with E-state index in [1.54, 1.807) is 24.5 Å². The number of aliphatic hydroxyl groups is 1. The standard InChI is InChI=1S/C22H22FN3O4/c23-17-5-3-15(4-6-17)20(27)18-19(16-2-1-7-24-14-16)26(22(29)21(18)28)9-8-25-10-12-30-13-11-25/h1-7,14,19,27H,8-13H2/b20-18+. The van der Waals surface area contributed by atoms with E-state index in [9.17, 15) is 19.1 Å². The van der Waals surface area contributed by atoms with Crippen molar-refractivity contribution < 1.29 is 23.8 Å². The van der Waals surface area contributed by atoms with Crippen molar-refractivity contribution in [3.05, 3.63) is 71.3 Å². The monoisotopic (exact) mass is 411 g/mol. The van der Waals surface area contributed by atoms with E-state index in [2.05, 4.69) is 9.88 Å². The first-order valence-electron chi connectivity index (χ1n) is 9.80. The molecule has 1 unspecified atom stereocenters. The van der Waals surface area contributed by atoms with Crippen molar-refractivity contribution in [2.45, 2.75) is 6.04 Å². The fourth-order valence-electron chi connectivity index (χ4n) is 3.83. The quantitative estimate of drug-likeness (QED) is 0.460. The first-order valence-corrected chi connectivity index (χ1v) is 9.80. The number of rotatable bonds is 5. The molecule has 8 heteroatoms. The molecule has 2 fully saturated rings. The molecule has 1 N–H and O–H groups in total. The number of aliphatic hydroxyl groups excluding tert-OH is 1. The molecule has 0 spiro atoms. The molecule has 2 aliphatic heterocycles. The molecule has 3 heterocycles. The zero-order chi connectivity index (χ0) is 21.1. The molecule has 1 amide bonds. The number of benzene rings is 1. The fraction of sp³-hybridized carbons (Fsp3) is 0.318. The summed E-state index contributed by atoms with van der Waals surface area (Å²) in [4.78, 5) is 33.5. The molecule has 1 atom stereocenters. The number of nitrogens with zero attached hydrogens (tertiary/aromatic N) is 3. The van der Waals surface area contributed by atoms with E-state index in [4.69, 9.17) is 4.74 Å². The summed E-state index contributed by atoms with van der Waals surface area (Å²) in [7, 11) is 0. The number of likely N-dealkylation sites (tertiary alicyclic amines) is 1. The minimum absolute atomic E-state index is 0.0124. The average Bonchev–Trinajstić information content (AvgIpc) is 3.04. The Bertz CT molecular complexity index is 956. The van der Waals surface area contributed by atoms with Gasteiger partial charge in [0.25, 0.3) is 11.7 Å². The maximum Gasteiger partial charge on any atom is 0.295 e. The van der Waals surface area contributed by atoms with Crippen LogP contribution in [0.25, 0.3) is 5.76 Å². The highest BCUT2D eigenvalue weighted by atomic mass is 19.1. The maximum absolute atomic E-state index is 13.3. The summed E-state index contributed by atoms with van der Waals surface area (Å²) in [6, 6.07) is 7.88. The molecule has 0 aliphatic carbocycles. The number of aromatic nitrogens is 1. The number of pyridine rings is 1. The first kappa shape index (κ1) is 20.2. The Morgan fingerprint density at radius 2 is 1.87 bits per heavy atom. The molecule has 1 aromatic heterocycles. The van der Waals surface area contributed by atoms with E-state index < -0.39 is 23.5 Å². The van der Waals surface area contributed by atoms with Gasteiger partial charge in [0.05, 0.1) is 24.8 Å². The number of hydrogen-bond acceptors (Lipinski definition) is 6. The molecule has 0 radical (unpaired) electrons. The Morgan fingerprint density at radius 3 is 2.53 bits per heavy atom. The minimum atomic E-state index is -0.759. The van der Waals surface area contributed by atoms with Crippen LogP contribution in [0.15, 0.2) is 54.4 Å². The number of amides is 1. The Labute approximate surface area is 173 Å². The molecular formula is C22H22FN3O4. The molecule has 2 aliphatic rings. The molecule has 7 nitrogen and oxygen atoms in total. The lowest BCUT2D eigenvalue weighted by Crippen LogP contribution is -2.42. The van der Waals surface area contributed by atoms with Gasteiger partial charge in [0.2, 0.25) is 0 Å². The summed E-state index contributed by atoms with van der Waals surface area (Å²) >= 11 is 0. The summed E-state index contributed by atoms with van der Waals surface area (Å²) in [6.45, 7) is 3.70. The van der Waals surface area contributed by atoms with Crippen LogP contribution < -0.4 is 0 Å². The van der Waals surface area contributed by atoms with E-state index in [0.717, 1.165) is 13.1 Å². The molecule has 0 bridgehead atoms. The second kappa shape index (κ2) is 8.73. The van der Waals surface area contributed by atoms with E-state index in [1.165, 1.54) is 29.2 Å². The van der Waals surface area contributed by atoms with Crippen LogP contribution >= 0.6 is 0 Å². The van der Waals surface area contributed by atoms with Gasteiger partial charge in [0, 0.05) is 44.1 Å². The van der Waals surface area contributed by atoms with Crippen LogP contribution in [0.4, 0.5) is 4.39 Å². The Hall–Kier alpha value is -3.10. The number of morpholine rings is 1. The highest BCUT2D eigenvalue weighted by Gasteiger charge is 2.46. The van der Waals surface area contributed by atoms with Crippen molar-refractivity contribution in [3.8, 4) is 0 Å². The normalized spacial score (nSPS) is 21.9. The van der Waals surface area contributed by atoms with Crippen LogP contribution in [0.3, 0.4) is 0 Å². The molecule has 156 valence electrons. The van der Waals surface area contributed by atoms with E-state index in [-0.39, 0.29) is 16.9 Å². The topological polar surface area (TPSA) is 83.0 Å².